The summed E-state index contributed by atoms with van der Waals surface area (Å²) in [6.45, 7) is 9.41. The van der Waals surface area contributed by atoms with Crippen LogP contribution in [-0.4, -0.2) is 47.0 Å². The van der Waals surface area contributed by atoms with E-state index in [1.807, 2.05) is 0 Å². The van der Waals surface area contributed by atoms with Crippen LogP contribution in [0.3, 0.4) is 0 Å². The second-order valence-electron chi connectivity index (χ2n) is 6.11. The van der Waals surface area contributed by atoms with Crippen LogP contribution in [0.1, 0.15) is 46.5 Å². The molecule has 0 aromatic heterocycles. The Bertz CT molecular complexity index is 194. The topological polar surface area (TPSA) is 43.7 Å². The molecule has 1 aliphatic heterocycles. The van der Waals surface area contributed by atoms with Gasteiger partial charge in [-0.25, -0.2) is 0 Å². The van der Waals surface area contributed by atoms with Gasteiger partial charge in [-0.15, -0.1) is 0 Å². The molecule has 0 aliphatic carbocycles. The van der Waals surface area contributed by atoms with Gasteiger partial charge in [0.1, 0.15) is 0 Å². The summed E-state index contributed by atoms with van der Waals surface area (Å²) < 4.78 is 0. The molecule has 0 aromatic carbocycles. The van der Waals surface area contributed by atoms with Crippen molar-refractivity contribution < 1.29 is 10.2 Å². The van der Waals surface area contributed by atoms with Crippen molar-refractivity contribution in [2.75, 3.05) is 26.3 Å². The van der Waals surface area contributed by atoms with Gasteiger partial charge in [0.15, 0.2) is 0 Å². The SMILES string of the molecule is CC(C)(C)N1CCC(CCO)(CCO)CC1. The summed E-state index contributed by atoms with van der Waals surface area (Å²) in [5, 5.41) is 18.3. The van der Waals surface area contributed by atoms with Gasteiger partial charge in [-0.3, -0.25) is 4.90 Å². The van der Waals surface area contributed by atoms with E-state index in [0.29, 0.717) is 0 Å². The quantitative estimate of drug-likeness (QED) is 0.770. The average molecular weight is 229 g/mol. The molecule has 0 atom stereocenters. The molecule has 1 saturated heterocycles. The molecule has 3 heteroatoms. The summed E-state index contributed by atoms with van der Waals surface area (Å²) in [5.74, 6) is 0. The van der Waals surface area contributed by atoms with Crippen LogP contribution < -0.4 is 0 Å². The predicted octanol–water partition coefficient (Wildman–Crippen LogP) is 1.63. The highest BCUT2D eigenvalue weighted by Crippen LogP contribution is 2.39. The summed E-state index contributed by atoms with van der Waals surface area (Å²) >= 11 is 0. The molecule has 1 aliphatic rings. The van der Waals surface area contributed by atoms with Crippen molar-refractivity contribution in [3.05, 3.63) is 0 Å². The third-order valence-corrected chi connectivity index (χ3v) is 4.06. The van der Waals surface area contributed by atoms with Gasteiger partial charge < -0.3 is 10.2 Å². The minimum absolute atomic E-state index is 0.186. The molecule has 96 valence electrons. The first kappa shape index (κ1) is 13.9. The van der Waals surface area contributed by atoms with Crippen LogP contribution in [-0.2, 0) is 0 Å². The van der Waals surface area contributed by atoms with Crippen LogP contribution in [0.4, 0.5) is 0 Å². The maximum absolute atomic E-state index is 9.14. The Hall–Kier alpha value is -0.120. The van der Waals surface area contributed by atoms with Gasteiger partial charge in [-0.1, -0.05) is 0 Å². The van der Waals surface area contributed by atoms with Crippen molar-refractivity contribution >= 4 is 0 Å². The monoisotopic (exact) mass is 229 g/mol. The van der Waals surface area contributed by atoms with Crippen molar-refractivity contribution in [1.82, 2.24) is 4.90 Å². The van der Waals surface area contributed by atoms with Crippen molar-refractivity contribution in [1.29, 1.82) is 0 Å². The fraction of sp³-hybridized carbons (Fsp3) is 1.00. The van der Waals surface area contributed by atoms with E-state index < -0.39 is 0 Å². The highest BCUT2D eigenvalue weighted by atomic mass is 16.3. The van der Waals surface area contributed by atoms with Crippen LogP contribution in [0.25, 0.3) is 0 Å². The third-order valence-electron chi connectivity index (χ3n) is 4.06. The lowest BCUT2D eigenvalue weighted by Crippen LogP contribution is -2.49. The molecule has 1 rings (SSSR count). The average Bonchev–Trinajstić information content (AvgIpc) is 2.17. The number of hydrogen-bond acceptors (Lipinski definition) is 3. The molecule has 0 spiro atoms. The van der Waals surface area contributed by atoms with E-state index in [-0.39, 0.29) is 24.2 Å². The number of nitrogens with zero attached hydrogens (tertiary/aromatic N) is 1. The maximum atomic E-state index is 9.14. The van der Waals surface area contributed by atoms with Crippen molar-refractivity contribution in [2.45, 2.75) is 52.0 Å². The maximum Gasteiger partial charge on any atom is 0.0436 e. The zero-order chi connectivity index (χ0) is 12.2. The van der Waals surface area contributed by atoms with Crippen molar-refractivity contribution in [2.24, 2.45) is 5.41 Å². The Labute approximate surface area is 99.5 Å². The van der Waals surface area contributed by atoms with Crippen molar-refractivity contribution in [3.8, 4) is 0 Å². The van der Waals surface area contributed by atoms with Crippen molar-refractivity contribution in [3.63, 3.8) is 0 Å². The van der Waals surface area contributed by atoms with Gasteiger partial charge in [0.05, 0.1) is 0 Å². The van der Waals surface area contributed by atoms with E-state index >= 15 is 0 Å². The number of aliphatic hydroxyl groups is 2. The first-order valence-corrected chi connectivity index (χ1v) is 6.40. The molecule has 0 aromatic rings. The molecule has 0 bridgehead atoms. The third kappa shape index (κ3) is 3.44. The minimum Gasteiger partial charge on any atom is -0.396 e. The Morgan fingerprint density at radius 2 is 1.44 bits per heavy atom. The normalized spacial score (nSPS) is 22.3. The molecule has 1 fully saturated rings. The van der Waals surface area contributed by atoms with Crippen LogP contribution in [0.5, 0.6) is 0 Å². The molecule has 0 saturated carbocycles. The van der Waals surface area contributed by atoms with E-state index in [9.17, 15) is 0 Å². The van der Waals surface area contributed by atoms with Gasteiger partial charge in [-0.05, 0) is 65.0 Å². The fourth-order valence-electron chi connectivity index (χ4n) is 2.75. The van der Waals surface area contributed by atoms with E-state index in [0.717, 1.165) is 38.8 Å². The Kier molecular flexibility index (Phi) is 4.77. The number of piperidine rings is 1. The smallest absolute Gasteiger partial charge is 0.0436 e. The largest absolute Gasteiger partial charge is 0.396 e. The second kappa shape index (κ2) is 5.48. The highest BCUT2D eigenvalue weighted by Gasteiger charge is 2.36. The number of aliphatic hydroxyl groups excluding tert-OH is 2. The lowest BCUT2D eigenvalue weighted by Gasteiger charge is -2.46. The van der Waals surface area contributed by atoms with E-state index in [2.05, 4.69) is 25.7 Å². The summed E-state index contributed by atoms with van der Waals surface area (Å²) in [4.78, 5) is 2.50. The van der Waals surface area contributed by atoms with E-state index in [4.69, 9.17) is 10.2 Å². The molecule has 0 radical (unpaired) electrons. The van der Waals surface area contributed by atoms with E-state index in [1.54, 1.807) is 0 Å². The number of likely N-dealkylation sites (tertiary alicyclic amines) is 1. The molecule has 2 N–H and O–H groups in total. The summed E-state index contributed by atoms with van der Waals surface area (Å²) in [7, 11) is 0. The second-order valence-corrected chi connectivity index (χ2v) is 6.11. The first-order valence-electron chi connectivity index (χ1n) is 6.40. The first-order chi connectivity index (χ1) is 7.43. The summed E-state index contributed by atoms with van der Waals surface area (Å²) in [6, 6.07) is 0. The molecule has 0 unspecified atom stereocenters. The van der Waals surface area contributed by atoms with Gasteiger partial charge >= 0.3 is 0 Å². The molecule has 1 heterocycles. The van der Waals surface area contributed by atoms with Crippen LogP contribution in [0.15, 0.2) is 0 Å². The van der Waals surface area contributed by atoms with Crippen LogP contribution in [0.2, 0.25) is 0 Å². The minimum atomic E-state index is 0.186. The Morgan fingerprint density at radius 3 is 1.75 bits per heavy atom. The molecular weight excluding hydrogens is 202 g/mol. The van der Waals surface area contributed by atoms with Crippen LogP contribution >= 0.6 is 0 Å². The zero-order valence-electron chi connectivity index (χ0n) is 11.0. The van der Waals surface area contributed by atoms with Gasteiger partial charge in [-0.2, -0.15) is 0 Å². The Balaban J connectivity index is 2.55. The van der Waals surface area contributed by atoms with Gasteiger partial charge in [0.25, 0.3) is 0 Å². The Morgan fingerprint density at radius 1 is 1.00 bits per heavy atom. The molecule has 16 heavy (non-hydrogen) atoms. The standard InChI is InChI=1S/C13H27NO2/c1-12(2,3)14-8-4-13(5-9-14,6-10-15)7-11-16/h15-16H,4-11H2,1-3H3. The summed E-state index contributed by atoms with van der Waals surface area (Å²) in [6.07, 6.45) is 3.88. The lowest BCUT2D eigenvalue weighted by atomic mass is 9.73. The fourth-order valence-corrected chi connectivity index (χ4v) is 2.75. The number of hydrogen-bond donors (Lipinski definition) is 2. The van der Waals surface area contributed by atoms with Gasteiger partial charge in [0.2, 0.25) is 0 Å². The number of rotatable bonds is 4. The molecule has 0 amide bonds. The zero-order valence-corrected chi connectivity index (χ0v) is 11.0. The lowest BCUT2D eigenvalue weighted by molar-refractivity contribution is 0.0152. The predicted molar refractivity (Wildman–Crippen MR) is 66.4 cm³/mol. The van der Waals surface area contributed by atoms with Crippen LogP contribution in [0, 0.1) is 5.41 Å². The molecule has 3 nitrogen and oxygen atoms in total. The summed E-state index contributed by atoms with van der Waals surface area (Å²) in [5.41, 5.74) is 0.426. The van der Waals surface area contributed by atoms with Gasteiger partial charge in [0, 0.05) is 18.8 Å². The highest BCUT2D eigenvalue weighted by molar-refractivity contribution is 4.89. The molecular formula is C13H27NO2. The van der Waals surface area contributed by atoms with E-state index in [1.165, 1.54) is 0 Å².